The second-order valence-electron chi connectivity index (χ2n) is 5.89. The minimum Gasteiger partial charge on any atom is -0.360 e. The average Bonchev–Trinajstić information content (AvgIpc) is 3.32. The SMILES string of the molecule is Cl.O=C(c1cc(C2CC2)on1)N1CCNCC1c1cccnc1. The van der Waals surface area contributed by atoms with Crippen LogP contribution in [0.25, 0.3) is 0 Å². The zero-order valence-corrected chi connectivity index (χ0v) is 13.5. The minimum absolute atomic E-state index is 0. The smallest absolute Gasteiger partial charge is 0.276 e. The first-order chi connectivity index (χ1) is 10.8. The van der Waals surface area contributed by atoms with Gasteiger partial charge in [-0.3, -0.25) is 9.78 Å². The normalized spacial score (nSPS) is 20.9. The number of halogens is 1. The van der Waals surface area contributed by atoms with Crippen molar-refractivity contribution in [3.8, 4) is 0 Å². The lowest BCUT2D eigenvalue weighted by Crippen LogP contribution is -2.48. The lowest BCUT2D eigenvalue weighted by Gasteiger charge is -2.35. The molecule has 0 bridgehead atoms. The Morgan fingerprint density at radius 2 is 2.26 bits per heavy atom. The van der Waals surface area contributed by atoms with E-state index < -0.39 is 0 Å². The lowest BCUT2D eigenvalue weighted by molar-refractivity contribution is 0.0623. The Bertz CT molecular complexity index is 672. The van der Waals surface area contributed by atoms with E-state index in [-0.39, 0.29) is 24.4 Å². The van der Waals surface area contributed by atoms with Gasteiger partial charge in [-0.2, -0.15) is 0 Å². The molecule has 1 unspecified atom stereocenters. The van der Waals surface area contributed by atoms with Crippen LogP contribution < -0.4 is 5.32 Å². The zero-order valence-electron chi connectivity index (χ0n) is 12.6. The van der Waals surface area contributed by atoms with Gasteiger partial charge in [0.15, 0.2) is 5.69 Å². The highest BCUT2D eigenvalue weighted by molar-refractivity contribution is 5.92. The predicted octanol–water partition coefficient (Wildman–Crippen LogP) is 2.16. The van der Waals surface area contributed by atoms with Crippen molar-refractivity contribution in [2.24, 2.45) is 0 Å². The van der Waals surface area contributed by atoms with E-state index in [4.69, 9.17) is 4.52 Å². The number of carbonyl (C=O) groups is 1. The molecule has 1 aliphatic carbocycles. The third kappa shape index (κ3) is 3.23. The monoisotopic (exact) mass is 334 g/mol. The molecule has 1 aliphatic heterocycles. The van der Waals surface area contributed by atoms with Crippen molar-refractivity contribution in [3.63, 3.8) is 0 Å². The largest absolute Gasteiger partial charge is 0.360 e. The molecular formula is C16H19ClN4O2. The molecule has 2 aromatic rings. The van der Waals surface area contributed by atoms with Gasteiger partial charge >= 0.3 is 0 Å². The molecule has 1 saturated carbocycles. The summed E-state index contributed by atoms with van der Waals surface area (Å²) in [6.07, 6.45) is 5.82. The van der Waals surface area contributed by atoms with E-state index in [0.29, 0.717) is 18.2 Å². The topological polar surface area (TPSA) is 71.3 Å². The standard InChI is InChI=1S/C16H18N4O2.ClH/c21-16(13-8-15(22-19-13)11-3-4-11)20-7-6-18-10-14(20)12-2-1-5-17-9-12;/h1-2,5,8-9,11,14,18H,3-4,6-7,10H2;1H. The minimum atomic E-state index is -0.0639. The summed E-state index contributed by atoms with van der Waals surface area (Å²) in [7, 11) is 0. The Hall–Kier alpha value is -1.92. The van der Waals surface area contributed by atoms with E-state index in [0.717, 1.165) is 37.3 Å². The van der Waals surface area contributed by atoms with Gasteiger partial charge in [0.25, 0.3) is 5.91 Å². The molecule has 2 fully saturated rings. The number of pyridine rings is 1. The summed E-state index contributed by atoms with van der Waals surface area (Å²) in [6.45, 7) is 2.17. The summed E-state index contributed by atoms with van der Waals surface area (Å²) in [5, 5.41) is 7.32. The molecule has 4 rings (SSSR count). The van der Waals surface area contributed by atoms with E-state index in [9.17, 15) is 4.79 Å². The third-order valence-electron chi connectivity index (χ3n) is 4.30. The molecule has 1 saturated heterocycles. The molecule has 0 spiro atoms. The number of hydrogen-bond acceptors (Lipinski definition) is 5. The van der Waals surface area contributed by atoms with E-state index >= 15 is 0 Å². The summed E-state index contributed by atoms with van der Waals surface area (Å²) in [5.41, 5.74) is 1.45. The molecule has 23 heavy (non-hydrogen) atoms. The first kappa shape index (κ1) is 16.0. The van der Waals surface area contributed by atoms with Crippen LogP contribution in [0.3, 0.4) is 0 Å². The van der Waals surface area contributed by atoms with Gasteiger partial charge in [0.2, 0.25) is 0 Å². The van der Waals surface area contributed by atoms with Gasteiger partial charge in [0.05, 0.1) is 6.04 Å². The molecule has 0 radical (unpaired) electrons. The Morgan fingerprint density at radius 1 is 1.39 bits per heavy atom. The molecule has 122 valence electrons. The summed E-state index contributed by atoms with van der Waals surface area (Å²) in [5.74, 6) is 1.24. The third-order valence-corrected chi connectivity index (χ3v) is 4.30. The van der Waals surface area contributed by atoms with E-state index in [1.807, 2.05) is 29.3 Å². The second-order valence-corrected chi connectivity index (χ2v) is 5.89. The van der Waals surface area contributed by atoms with Gasteiger partial charge in [-0.1, -0.05) is 11.2 Å². The number of hydrogen-bond donors (Lipinski definition) is 1. The molecular weight excluding hydrogens is 316 g/mol. The van der Waals surface area contributed by atoms with Crippen molar-refractivity contribution in [3.05, 3.63) is 47.6 Å². The maximum Gasteiger partial charge on any atom is 0.276 e. The van der Waals surface area contributed by atoms with Crippen LogP contribution >= 0.6 is 12.4 Å². The molecule has 7 heteroatoms. The number of rotatable bonds is 3. The van der Waals surface area contributed by atoms with Crippen LogP contribution in [-0.4, -0.2) is 40.6 Å². The molecule has 1 amide bonds. The first-order valence-electron chi connectivity index (χ1n) is 7.71. The quantitative estimate of drug-likeness (QED) is 0.931. The highest BCUT2D eigenvalue weighted by atomic mass is 35.5. The number of nitrogens with zero attached hydrogens (tertiary/aromatic N) is 3. The maximum absolute atomic E-state index is 12.8. The van der Waals surface area contributed by atoms with Gasteiger partial charge in [0.1, 0.15) is 5.76 Å². The van der Waals surface area contributed by atoms with E-state index in [2.05, 4.69) is 15.5 Å². The molecule has 1 N–H and O–H groups in total. The summed E-state index contributed by atoms with van der Waals surface area (Å²) < 4.78 is 5.32. The van der Waals surface area contributed by atoms with Gasteiger partial charge < -0.3 is 14.7 Å². The number of nitrogens with one attached hydrogen (secondary N) is 1. The average molecular weight is 335 g/mol. The van der Waals surface area contributed by atoms with Crippen molar-refractivity contribution >= 4 is 18.3 Å². The van der Waals surface area contributed by atoms with Crippen LogP contribution in [-0.2, 0) is 0 Å². The van der Waals surface area contributed by atoms with Crippen molar-refractivity contribution in [2.75, 3.05) is 19.6 Å². The maximum atomic E-state index is 12.8. The molecule has 2 aromatic heterocycles. The Kier molecular flexibility index (Phi) is 4.63. The number of amides is 1. The van der Waals surface area contributed by atoms with Crippen molar-refractivity contribution in [1.29, 1.82) is 0 Å². The van der Waals surface area contributed by atoms with Crippen LogP contribution in [0.5, 0.6) is 0 Å². The molecule has 3 heterocycles. The lowest BCUT2D eigenvalue weighted by atomic mass is 10.0. The van der Waals surface area contributed by atoms with Gasteiger partial charge in [0, 0.05) is 44.0 Å². The van der Waals surface area contributed by atoms with Crippen LogP contribution in [0.15, 0.2) is 35.1 Å². The van der Waals surface area contributed by atoms with E-state index in [1.54, 1.807) is 6.20 Å². The predicted molar refractivity (Wildman–Crippen MR) is 86.6 cm³/mol. The summed E-state index contributed by atoms with van der Waals surface area (Å²) >= 11 is 0. The number of carbonyl (C=O) groups excluding carboxylic acids is 1. The molecule has 6 nitrogen and oxygen atoms in total. The van der Waals surface area contributed by atoms with Crippen LogP contribution in [0.1, 0.15) is 46.6 Å². The van der Waals surface area contributed by atoms with Gasteiger partial charge in [-0.25, -0.2) is 0 Å². The highest BCUT2D eigenvalue weighted by Crippen LogP contribution is 2.40. The van der Waals surface area contributed by atoms with Crippen LogP contribution in [0, 0.1) is 0 Å². The fourth-order valence-electron chi connectivity index (χ4n) is 2.92. The highest BCUT2D eigenvalue weighted by Gasteiger charge is 2.33. The Morgan fingerprint density at radius 3 is 3.00 bits per heavy atom. The van der Waals surface area contributed by atoms with Crippen molar-refractivity contribution in [1.82, 2.24) is 20.4 Å². The Balaban J connectivity index is 0.00000156. The van der Waals surface area contributed by atoms with E-state index in [1.165, 1.54) is 0 Å². The first-order valence-corrected chi connectivity index (χ1v) is 7.71. The Labute approximate surface area is 140 Å². The fraction of sp³-hybridized carbons (Fsp3) is 0.438. The molecule has 1 atom stereocenters. The van der Waals surface area contributed by atoms with Crippen LogP contribution in [0.4, 0.5) is 0 Å². The molecule has 2 aliphatic rings. The second kappa shape index (κ2) is 6.68. The van der Waals surface area contributed by atoms with Gasteiger partial charge in [-0.15, -0.1) is 12.4 Å². The summed E-state index contributed by atoms with van der Waals surface area (Å²) in [6, 6.07) is 5.69. The van der Waals surface area contributed by atoms with Gasteiger partial charge in [-0.05, 0) is 24.5 Å². The number of aromatic nitrogens is 2. The summed E-state index contributed by atoms with van der Waals surface area (Å²) in [4.78, 5) is 18.8. The van der Waals surface area contributed by atoms with Crippen molar-refractivity contribution in [2.45, 2.75) is 24.8 Å². The number of piperazine rings is 1. The fourth-order valence-corrected chi connectivity index (χ4v) is 2.92. The van der Waals surface area contributed by atoms with Crippen molar-refractivity contribution < 1.29 is 9.32 Å². The zero-order chi connectivity index (χ0) is 14.9. The molecule has 0 aromatic carbocycles. The van der Waals surface area contributed by atoms with Crippen LogP contribution in [0.2, 0.25) is 0 Å².